The number of methoxy groups -OCH3 is 2. The lowest BCUT2D eigenvalue weighted by Crippen LogP contribution is -2.36. The van der Waals surface area contributed by atoms with Crippen LogP contribution in [0.5, 0.6) is 0 Å². The quantitative estimate of drug-likeness (QED) is 0.338. The third-order valence-corrected chi connectivity index (χ3v) is 3.07. The maximum atomic E-state index is 13.9. The van der Waals surface area contributed by atoms with Gasteiger partial charge in [0.1, 0.15) is 17.5 Å². The Kier molecular flexibility index (Phi) is 6.05. The number of esters is 2. The van der Waals surface area contributed by atoms with Crippen LogP contribution >= 0.6 is 0 Å². The number of halogens is 3. The Morgan fingerprint density at radius 2 is 1.57 bits per heavy atom. The number of carbonyl (C=O) groups is 2. The summed E-state index contributed by atoms with van der Waals surface area (Å²) >= 11 is 0. The van der Waals surface area contributed by atoms with Gasteiger partial charge in [0.2, 0.25) is 6.54 Å². The van der Waals surface area contributed by atoms with E-state index in [2.05, 4.69) is 9.47 Å². The van der Waals surface area contributed by atoms with E-state index in [4.69, 9.17) is 0 Å². The van der Waals surface area contributed by atoms with Crippen molar-refractivity contribution in [3.63, 3.8) is 0 Å². The van der Waals surface area contributed by atoms with Crippen molar-refractivity contribution < 1.29 is 37.2 Å². The highest BCUT2D eigenvalue weighted by atomic mass is 19.1. The molecular weight excluding hydrogens is 323 g/mol. The predicted octanol–water partition coefficient (Wildman–Crippen LogP) is 1.43. The molecule has 0 fully saturated rings. The Morgan fingerprint density at radius 3 is 1.91 bits per heavy atom. The molecule has 1 aromatic carbocycles. The van der Waals surface area contributed by atoms with E-state index in [0.717, 1.165) is 14.2 Å². The van der Waals surface area contributed by atoms with Crippen LogP contribution in [0.1, 0.15) is 11.5 Å². The van der Waals surface area contributed by atoms with Crippen LogP contribution in [0.25, 0.3) is 0 Å². The predicted molar refractivity (Wildman–Crippen MR) is 68.4 cm³/mol. The van der Waals surface area contributed by atoms with Gasteiger partial charge in [0.25, 0.3) is 0 Å². The fraction of sp³-hybridized carbons (Fsp3) is 0.385. The molecule has 1 aromatic rings. The van der Waals surface area contributed by atoms with E-state index in [9.17, 15) is 32.9 Å². The molecule has 1 atom stereocenters. The van der Waals surface area contributed by atoms with E-state index in [1.807, 2.05) is 0 Å². The number of ether oxygens (including phenoxy) is 2. The molecule has 23 heavy (non-hydrogen) atoms. The van der Waals surface area contributed by atoms with Gasteiger partial charge in [-0.3, -0.25) is 19.7 Å². The minimum absolute atomic E-state index is 0.289. The second-order valence-electron chi connectivity index (χ2n) is 4.43. The molecular formula is C13H12F3NO6. The lowest BCUT2D eigenvalue weighted by atomic mass is 9.85. The van der Waals surface area contributed by atoms with Crippen LogP contribution in [0.4, 0.5) is 13.2 Å². The molecule has 0 bridgehead atoms. The zero-order valence-corrected chi connectivity index (χ0v) is 12.0. The molecule has 126 valence electrons. The molecule has 0 radical (unpaired) electrons. The molecule has 0 unspecified atom stereocenters. The van der Waals surface area contributed by atoms with E-state index < -0.39 is 58.3 Å². The Morgan fingerprint density at radius 1 is 1.13 bits per heavy atom. The van der Waals surface area contributed by atoms with Gasteiger partial charge in [0, 0.05) is 22.6 Å². The first kappa shape index (κ1) is 18.4. The standard InChI is InChI=1S/C13H12F3NO6/c1-22-12(18)11(13(19)23-2)7(5-17(20)21)10-8(15)3-6(14)4-9(10)16/h3-4,7,11H,5H2,1-2H3/t7-/m0/s1. The van der Waals surface area contributed by atoms with E-state index in [1.165, 1.54) is 0 Å². The molecule has 0 aliphatic heterocycles. The molecule has 0 saturated carbocycles. The largest absolute Gasteiger partial charge is 0.468 e. The fourth-order valence-corrected chi connectivity index (χ4v) is 2.11. The highest BCUT2D eigenvalue weighted by Gasteiger charge is 2.43. The highest BCUT2D eigenvalue weighted by molar-refractivity contribution is 5.96. The number of rotatable bonds is 6. The maximum Gasteiger partial charge on any atom is 0.320 e. The molecule has 0 spiro atoms. The Hall–Kier alpha value is -2.65. The molecule has 0 saturated heterocycles. The van der Waals surface area contributed by atoms with Gasteiger partial charge < -0.3 is 9.47 Å². The smallest absolute Gasteiger partial charge is 0.320 e. The van der Waals surface area contributed by atoms with Crippen molar-refractivity contribution in [2.45, 2.75) is 5.92 Å². The zero-order valence-electron chi connectivity index (χ0n) is 12.0. The van der Waals surface area contributed by atoms with Gasteiger partial charge >= 0.3 is 11.9 Å². The molecule has 0 amide bonds. The zero-order chi connectivity index (χ0) is 17.7. The lowest BCUT2D eigenvalue weighted by Gasteiger charge is -2.21. The normalized spacial score (nSPS) is 11.9. The van der Waals surface area contributed by atoms with Crippen LogP contribution in [0.2, 0.25) is 0 Å². The van der Waals surface area contributed by atoms with E-state index >= 15 is 0 Å². The Balaban J connectivity index is 3.52. The average Bonchev–Trinajstić information content (AvgIpc) is 2.45. The van der Waals surface area contributed by atoms with Crippen molar-refractivity contribution in [1.82, 2.24) is 0 Å². The summed E-state index contributed by atoms with van der Waals surface area (Å²) in [5, 5.41) is 10.8. The summed E-state index contributed by atoms with van der Waals surface area (Å²) in [6.45, 7) is -1.17. The van der Waals surface area contributed by atoms with Crippen LogP contribution < -0.4 is 0 Å². The number of nitrogens with zero attached hydrogens (tertiary/aromatic N) is 1. The van der Waals surface area contributed by atoms with Crippen LogP contribution in [-0.4, -0.2) is 37.6 Å². The highest BCUT2D eigenvalue weighted by Crippen LogP contribution is 2.32. The van der Waals surface area contributed by atoms with Gasteiger partial charge in [-0.25, -0.2) is 13.2 Å². The number of benzene rings is 1. The van der Waals surface area contributed by atoms with Gasteiger partial charge in [-0.05, 0) is 0 Å². The van der Waals surface area contributed by atoms with Crippen molar-refractivity contribution in [1.29, 1.82) is 0 Å². The van der Waals surface area contributed by atoms with Crippen LogP contribution in [0.3, 0.4) is 0 Å². The summed E-state index contributed by atoms with van der Waals surface area (Å²) in [5.41, 5.74) is -0.969. The van der Waals surface area contributed by atoms with E-state index in [0.29, 0.717) is 0 Å². The van der Waals surface area contributed by atoms with Crippen molar-refractivity contribution in [3.05, 3.63) is 45.3 Å². The number of hydrogen-bond donors (Lipinski definition) is 0. The molecule has 0 aromatic heterocycles. The monoisotopic (exact) mass is 335 g/mol. The number of hydrogen-bond acceptors (Lipinski definition) is 6. The Labute approximate surface area is 128 Å². The van der Waals surface area contributed by atoms with E-state index in [1.54, 1.807) is 0 Å². The number of nitro groups is 1. The third kappa shape index (κ3) is 4.18. The van der Waals surface area contributed by atoms with Gasteiger partial charge in [0.15, 0.2) is 5.92 Å². The van der Waals surface area contributed by atoms with Crippen LogP contribution in [-0.2, 0) is 19.1 Å². The summed E-state index contributed by atoms with van der Waals surface area (Å²) in [7, 11) is 1.78. The summed E-state index contributed by atoms with van der Waals surface area (Å²) in [6, 6.07) is 0.577. The summed E-state index contributed by atoms with van der Waals surface area (Å²) in [5.74, 6) is -10.6. The summed E-state index contributed by atoms with van der Waals surface area (Å²) in [6.07, 6.45) is 0. The van der Waals surface area contributed by atoms with Crippen LogP contribution in [0.15, 0.2) is 12.1 Å². The molecule has 1 rings (SSSR count). The van der Waals surface area contributed by atoms with Crippen molar-refractivity contribution in [3.8, 4) is 0 Å². The van der Waals surface area contributed by atoms with Gasteiger partial charge in [-0.15, -0.1) is 0 Å². The number of carbonyl (C=O) groups excluding carboxylic acids is 2. The molecule has 7 nitrogen and oxygen atoms in total. The average molecular weight is 335 g/mol. The summed E-state index contributed by atoms with van der Waals surface area (Å²) in [4.78, 5) is 33.3. The first-order valence-electron chi connectivity index (χ1n) is 6.14. The molecule has 0 heterocycles. The van der Waals surface area contributed by atoms with Gasteiger partial charge in [0.05, 0.1) is 20.1 Å². The van der Waals surface area contributed by atoms with E-state index in [-0.39, 0.29) is 12.1 Å². The minimum Gasteiger partial charge on any atom is -0.468 e. The molecule has 0 aliphatic carbocycles. The SMILES string of the molecule is COC(=O)C(C(=O)OC)[C@@H](C[N+](=O)[O-])c1c(F)cc(F)cc1F. The fourth-order valence-electron chi connectivity index (χ4n) is 2.11. The second kappa shape index (κ2) is 7.56. The second-order valence-corrected chi connectivity index (χ2v) is 4.43. The topological polar surface area (TPSA) is 95.7 Å². The summed E-state index contributed by atoms with van der Waals surface area (Å²) < 4.78 is 49.5. The minimum atomic E-state index is -1.98. The first-order valence-corrected chi connectivity index (χ1v) is 6.14. The Bertz CT molecular complexity index is 597. The molecule has 10 heteroatoms. The van der Waals surface area contributed by atoms with Crippen molar-refractivity contribution in [2.75, 3.05) is 20.8 Å². The van der Waals surface area contributed by atoms with Gasteiger partial charge in [-0.2, -0.15) is 0 Å². The van der Waals surface area contributed by atoms with Crippen LogP contribution in [0, 0.1) is 33.5 Å². The molecule has 0 aliphatic rings. The van der Waals surface area contributed by atoms with Crippen molar-refractivity contribution >= 4 is 11.9 Å². The maximum absolute atomic E-state index is 13.9. The first-order chi connectivity index (χ1) is 10.7. The van der Waals surface area contributed by atoms with Gasteiger partial charge in [-0.1, -0.05) is 0 Å². The van der Waals surface area contributed by atoms with Crippen molar-refractivity contribution in [2.24, 2.45) is 5.92 Å². The lowest BCUT2D eigenvalue weighted by molar-refractivity contribution is -0.484. The third-order valence-electron chi connectivity index (χ3n) is 3.07. The molecule has 0 N–H and O–H groups in total.